The lowest BCUT2D eigenvalue weighted by molar-refractivity contribution is -0.139. The summed E-state index contributed by atoms with van der Waals surface area (Å²) in [5.74, 6) is 0.0660. The molecule has 0 radical (unpaired) electrons. The predicted molar refractivity (Wildman–Crippen MR) is 123 cm³/mol. The van der Waals surface area contributed by atoms with Gasteiger partial charge in [-0.3, -0.25) is 9.59 Å². The third-order valence-electron chi connectivity index (χ3n) is 6.55. The van der Waals surface area contributed by atoms with Crippen LogP contribution in [0.2, 0.25) is 0 Å². The molecule has 0 spiro atoms. The number of allylic oxidation sites excluding steroid dienone is 3. The Hall–Kier alpha value is -4.05. The number of carboxylic acids is 1. The minimum absolute atomic E-state index is 0.0571. The highest BCUT2D eigenvalue weighted by Crippen LogP contribution is 2.41. The van der Waals surface area contributed by atoms with Gasteiger partial charge in [0.05, 0.1) is 18.1 Å². The number of carboxylic acid groups (broad SMARTS) is 1. The summed E-state index contributed by atoms with van der Waals surface area (Å²) in [5.41, 5.74) is 2.69. The highest BCUT2D eigenvalue weighted by molar-refractivity contribution is 5.94. The summed E-state index contributed by atoms with van der Waals surface area (Å²) < 4.78 is 11.6. The van der Waals surface area contributed by atoms with E-state index in [4.69, 9.17) is 9.47 Å². The van der Waals surface area contributed by atoms with Crippen LogP contribution in [0.15, 0.2) is 65.9 Å². The highest BCUT2D eigenvalue weighted by Gasteiger charge is 2.39. The van der Waals surface area contributed by atoms with Crippen molar-refractivity contribution in [3.05, 3.63) is 82.6 Å². The van der Waals surface area contributed by atoms with Gasteiger partial charge in [0.2, 0.25) is 5.91 Å². The van der Waals surface area contributed by atoms with E-state index in [0.29, 0.717) is 60.2 Å². The van der Waals surface area contributed by atoms with Crippen LogP contribution in [0, 0.1) is 11.3 Å². The number of hydrogen-bond acceptors (Lipinski definition) is 5. The number of ether oxygens (including phenoxy) is 2. The summed E-state index contributed by atoms with van der Waals surface area (Å²) in [6.07, 6.45) is 5.88. The number of fused-ring (bicyclic) bond motifs is 1. The lowest BCUT2D eigenvalue weighted by Crippen LogP contribution is -2.28. The fraction of sp³-hybridized carbons (Fsp3) is 0.296. The van der Waals surface area contributed by atoms with Crippen LogP contribution in [0.25, 0.3) is 0 Å². The first-order chi connectivity index (χ1) is 16.5. The van der Waals surface area contributed by atoms with Gasteiger partial charge in [-0.15, -0.1) is 0 Å². The zero-order chi connectivity index (χ0) is 23.7. The van der Waals surface area contributed by atoms with Crippen LogP contribution in [0.4, 0.5) is 0 Å². The molecule has 3 atom stereocenters. The molecule has 5 rings (SSSR count). The molecule has 2 aromatic carbocycles. The monoisotopic (exact) mass is 456 g/mol. The van der Waals surface area contributed by atoms with Crippen LogP contribution in [0.3, 0.4) is 0 Å². The fourth-order valence-corrected chi connectivity index (χ4v) is 4.56. The molecule has 1 heterocycles. The van der Waals surface area contributed by atoms with Crippen LogP contribution in [-0.2, 0) is 9.59 Å². The third-order valence-corrected chi connectivity index (χ3v) is 6.55. The van der Waals surface area contributed by atoms with Gasteiger partial charge in [0, 0.05) is 35.6 Å². The number of nitrogens with zero attached hydrogens (tertiary/aromatic N) is 1. The molecule has 2 aromatic rings. The largest absolute Gasteiger partial charge is 0.493 e. The zero-order valence-electron chi connectivity index (χ0n) is 18.5. The zero-order valence-corrected chi connectivity index (χ0v) is 18.5. The Morgan fingerprint density at radius 2 is 1.97 bits per heavy atom. The molecule has 7 nitrogen and oxygen atoms in total. The van der Waals surface area contributed by atoms with Crippen molar-refractivity contribution in [1.82, 2.24) is 5.32 Å². The number of aliphatic carboxylic acids is 1. The lowest BCUT2D eigenvalue weighted by Gasteiger charge is -2.24. The fourth-order valence-electron chi connectivity index (χ4n) is 4.56. The molecule has 1 fully saturated rings. The Kier molecular flexibility index (Phi) is 5.81. The van der Waals surface area contributed by atoms with Crippen molar-refractivity contribution in [2.75, 3.05) is 6.61 Å². The summed E-state index contributed by atoms with van der Waals surface area (Å²) in [6.45, 7) is 0.297. The summed E-state index contributed by atoms with van der Waals surface area (Å²) in [4.78, 5) is 24.2. The van der Waals surface area contributed by atoms with Crippen LogP contribution in [0.1, 0.15) is 54.2 Å². The molecule has 172 valence electrons. The maximum absolute atomic E-state index is 12.7. The highest BCUT2D eigenvalue weighted by atomic mass is 16.5. The van der Waals surface area contributed by atoms with Crippen LogP contribution in [0.5, 0.6) is 11.5 Å². The van der Waals surface area contributed by atoms with Crippen molar-refractivity contribution in [3.8, 4) is 17.6 Å². The Labute approximate surface area is 197 Å². The second-order valence-corrected chi connectivity index (χ2v) is 8.79. The Morgan fingerprint density at radius 3 is 2.68 bits per heavy atom. The van der Waals surface area contributed by atoms with E-state index in [0.717, 1.165) is 6.42 Å². The van der Waals surface area contributed by atoms with E-state index in [1.165, 1.54) is 5.56 Å². The molecule has 7 heteroatoms. The minimum atomic E-state index is -0.936. The van der Waals surface area contributed by atoms with E-state index < -0.39 is 11.9 Å². The molecule has 3 aliphatic rings. The molecule has 0 bridgehead atoms. The first kappa shape index (κ1) is 21.8. The molecule has 2 N–H and O–H groups in total. The van der Waals surface area contributed by atoms with Crippen LogP contribution in [-0.4, -0.2) is 29.6 Å². The first-order valence-corrected chi connectivity index (χ1v) is 11.4. The van der Waals surface area contributed by atoms with Crippen molar-refractivity contribution in [2.45, 2.75) is 43.6 Å². The van der Waals surface area contributed by atoms with Gasteiger partial charge in [-0.25, -0.2) is 0 Å². The van der Waals surface area contributed by atoms with Crippen molar-refractivity contribution >= 4 is 11.9 Å². The standard InChI is InChI=1S/C27H24N2O5/c28-15-18-12-22-20(27(31)32)10-11-33-25(22)14-24(18)34-19-8-6-17(7-9-19)26(30)29-23-13-21(23)16-4-2-1-3-5-16/h1-6,8,12,14,20-21,23H,7,9-11,13H2,(H,29,30)(H,31,32). The number of rotatable bonds is 6. The van der Waals surface area contributed by atoms with Gasteiger partial charge in [-0.05, 0) is 37.0 Å². The molecule has 0 saturated heterocycles. The Bertz CT molecular complexity index is 1240. The molecule has 1 saturated carbocycles. The van der Waals surface area contributed by atoms with E-state index in [1.54, 1.807) is 24.3 Å². The van der Waals surface area contributed by atoms with Crippen molar-refractivity contribution in [1.29, 1.82) is 5.26 Å². The predicted octanol–water partition coefficient (Wildman–Crippen LogP) is 4.16. The number of hydrogen-bond donors (Lipinski definition) is 2. The SMILES string of the molecule is N#Cc1cc2c(cc1OC1=CC=C(C(=O)NC3CC3c3ccccc3)CC1)OCCC2C(=O)O. The Balaban J connectivity index is 1.25. The van der Waals surface area contributed by atoms with Crippen LogP contribution < -0.4 is 14.8 Å². The summed E-state index contributed by atoms with van der Waals surface area (Å²) >= 11 is 0. The van der Waals surface area contributed by atoms with Crippen molar-refractivity contribution in [3.63, 3.8) is 0 Å². The molecule has 1 aliphatic heterocycles. The van der Waals surface area contributed by atoms with Gasteiger partial charge in [-0.2, -0.15) is 5.26 Å². The van der Waals surface area contributed by atoms with E-state index in [9.17, 15) is 20.0 Å². The molecule has 0 aromatic heterocycles. The van der Waals surface area contributed by atoms with E-state index in [1.807, 2.05) is 18.2 Å². The summed E-state index contributed by atoms with van der Waals surface area (Å²) in [7, 11) is 0. The molecular formula is C27H24N2O5. The molecule has 34 heavy (non-hydrogen) atoms. The quantitative estimate of drug-likeness (QED) is 0.676. The summed E-state index contributed by atoms with van der Waals surface area (Å²) in [6, 6.07) is 15.6. The van der Waals surface area contributed by atoms with E-state index in [-0.39, 0.29) is 17.5 Å². The smallest absolute Gasteiger partial charge is 0.311 e. The topological polar surface area (TPSA) is 109 Å². The number of nitrogens with one attached hydrogen (secondary N) is 1. The van der Waals surface area contributed by atoms with Gasteiger partial charge >= 0.3 is 5.97 Å². The Morgan fingerprint density at radius 1 is 1.15 bits per heavy atom. The molecular weight excluding hydrogens is 432 g/mol. The van der Waals surface area contributed by atoms with Gasteiger partial charge < -0.3 is 19.9 Å². The number of carbonyl (C=O) groups is 2. The second kappa shape index (κ2) is 9.06. The number of amides is 1. The number of benzene rings is 2. The average Bonchev–Trinajstić information content (AvgIpc) is 3.63. The minimum Gasteiger partial charge on any atom is -0.493 e. The van der Waals surface area contributed by atoms with Gasteiger partial charge in [0.25, 0.3) is 0 Å². The first-order valence-electron chi connectivity index (χ1n) is 11.4. The van der Waals surface area contributed by atoms with Gasteiger partial charge in [0.15, 0.2) is 0 Å². The lowest BCUT2D eigenvalue weighted by atomic mass is 9.91. The third kappa shape index (κ3) is 4.40. The normalized spacial score (nSPS) is 22.7. The van der Waals surface area contributed by atoms with Crippen LogP contribution >= 0.6 is 0 Å². The summed E-state index contributed by atoms with van der Waals surface area (Å²) in [5, 5.41) is 22.2. The number of nitriles is 1. The second-order valence-electron chi connectivity index (χ2n) is 8.79. The van der Waals surface area contributed by atoms with Crippen molar-refractivity contribution < 1.29 is 24.2 Å². The maximum atomic E-state index is 12.7. The van der Waals surface area contributed by atoms with Crippen molar-refractivity contribution in [2.24, 2.45) is 0 Å². The molecule has 1 amide bonds. The van der Waals surface area contributed by atoms with Gasteiger partial charge in [-0.1, -0.05) is 36.4 Å². The van der Waals surface area contributed by atoms with Gasteiger partial charge in [0.1, 0.15) is 23.3 Å². The maximum Gasteiger partial charge on any atom is 0.311 e. The number of carbonyl (C=O) groups excluding carboxylic acids is 1. The molecule has 2 aliphatic carbocycles. The molecule has 3 unspecified atom stereocenters. The average molecular weight is 456 g/mol. The van der Waals surface area contributed by atoms with E-state index in [2.05, 4.69) is 23.5 Å². The van der Waals surface area contributed by atoms with E-state index >= 15 is 0 Å².